The number of carbonyl (C=O) groups excluding carboxylic acids is 1. The maximum atomic E-state index is 10.5. The van der Waals surface area contributed by atoms with Gasteiger partial charge in [0.2, 0.25) is 0 Å². The van der Waals surface area contributed by atoms with Crippen LogP contribution in [0.2, 0.25) is 0 Å². The van der Waals surface area contributed by atoms with Gasteiger partial charge in [0.1, 0.15) is 0 Å². The SMILES string of the molecule is CC(=O)S(C)(C)C. The molecule has 0 aliphatic heterocycles. The first-order valence-corrected chi connectivity index (χ1v) is 4.99. The average molecular weight is 120 g/mol. The Morgan fingerprint density at radius 1 is 1.29 bits per heavy atom. The molecule has 0 aliphatic carbocycles. The van der Waals surface area contributed by atoms with Crippen molar-refractivity contribution in [3.63, 3.8) is 0 Å². The standard InChI is InChI=1S/C5H12OS/c1-5(6)7(2,3)4/h1-4H3. The summed E-state index contributed by atoms with van der Waals surface area (Å²) in [5.74, 6) is 0. The molecule has 0 bridgehead atoms. The minimum Gasteiger partial charge on any atom is -0.289 e. The van der Waals surface area contributed by atoms with E-state index in [1.807, 2.05) is 18.8 Å². The molecule has 0 spiro atoms. The molecule has 0 rings (SSSR count). The Hall–Kier alpha value is 0.0200. The third-order valence-corrected chi connectivity index (χ3v) is 2.59. The highest BCUT2D eigenvalue weighted by atomic mass is 32.3. The van der Waals surface area contributed by atoms with Crippen molar-refractivity contribution in [2.75, 3.05) is 18.8 Å². The lowest BCUT2D eigenvalue weighted by molar-refractivity contribution is -0.109. The van der Waals surface area contributed by atoms with E-state index in [-0.39, 0.29) is 0 Å². The normalized spacial score (nSPS) is 13.7. The lowest BCUT2D eigenvalue weighted by Gasteiger charge is -2.19. The summed E-state index contributed by atoms with van der Waals surface area (Å²) in [6, 6.07) is 0. The first kappa shape index (κ1) is 7.02. The van der Waals surface area contributed by atoms with Crippen LogP contribution in [0.4, 0.5) is 0 Å². The Balaban J connectivity index is 3.79. The van der Waals surface area contributed by atoms with Gasteiger partial charge in [0, 0.05) is 6.92 Å². The smallest absolute Gasteiger partial charge is 0.168 e. The molecule has 0 aliphatic rings. The molecule has 0 amide bonds. The highest BCUT2D eigenvalue weighted by Crippen LogP contribution is 2.34. The molecular formula is C5H12OS. The average Bonchev–Trinajstić information content (AvgIpc) is 1.31. The van der Waals surface area contributed by atoms with Crippen molar-refractivity contribution in [3.05, 3.63) is 0 Å². The van der Waals surface area contributed by atoms with E-state index in [0.29, 0.717) is 5.12 Å². The Labute approximate surface area is 46.4 Å². The summed E-state index contributed by atoms with van der Waals surface area (Å²) in [6.07, 6.45) is 5.99. The van der Waals surface area contributed by atoms with Crippen LogP contribution in [0.5, 0.6) is 0 Å². The van der Waals surface area contributed by atoms with Crippen molar-refractivity contribution >= 4 is 15.1 Å². The maximum absolute atomic E-state index is 10.5. The fraction of sp³-hybridized carbons (Fsp3) is 0.800. The monoisotopic (exact) mass is 120 g/mol. The molecule has 0 atom stereocenters. The molecule has 44 valence electrons. The first-order valence-electron chi connectivity index (χ1n) is 2.13. The number of hydrogen-bond donors (Lipinski definition) is 0. The second-order valence-corrected chi connectivity index (χ2v) is 6.58. The second-order valence-electron chi connectivity index (χ2n) is 2.33. The van der Waals surface area contributed by atoms with Crippen molar-refractivity contribution in [2.24, 2.45) is 0 Å². The molecule has 0 saturated carbocycles. The van der Waals surface area contributed by atoms with E-state index < -0.39 is 10.0 Å². The summed E-state index contributed by atoms with van der Waals surface area (Å²) >= 11 is 0. The molecule has 0 radical (unpaired) electrons. The molecule has 0 aromatic heterocycles. The summed E-state index contributed by atoms with van der Waals surface area (Å²) in [5.41, 5.74) is 0. The van der Waals surface area contributed by atoms with E-state index in [0.717, 1.165) is 0 Å². The molecular weight excluding hydrogens is 108 g/mol. The zero-order valence-electron chi connectivity index (χ0n) is 5.32. The van der Waals surface area contributed by atoms with Crippen LogP contribution in [-0.2, 0) is 4.79 Å². The lowest BCUT2D eigenvalue weighted by atomic mass is 10.9. The van der Waals surface area contributed by atoms with Crippen molar-refractivity contribution in [3.8, 4) is 0 Å². The van der Waals surface area contributed by atoms with Crippen LogP contribution < -0.4 is 0 Å². The van der Waals surface area contributed by atoms with Crippen LogP contribution in [0.25, 0.3) is 0 Å². The summed E-state index contributed by atoms with van der Waals surface area (Å²) in [6.45, 7) is 1.65. The highest BCUT2D eigenvalue weighted by molar-refractivity contribution is 8.43. The van der Waals surface area contributed by atoms with Crippen molar-refractivity contribution in [2.45, 2.75) is 6.92 Å². The van der Waals surface area contributed by atoms with Crippen LogP contribution in [-0.4, -0.2) is 23.9 Å². The first-order chi connectivity index (χ1) is 2.94. The third-order valence-electron chi connectivity index (χ3n) is 0.862. The van der Waals surface area contributed by atoms with E-state index in [9.17, 15) is 4.79 Å². The molecule has 1 nitrogen and oxygen atoms in total. The van der Waals surface area contributed by atoms with Crippen LogP contribution >= 0.6 is 10.0 Å². The molecule has 0 heterocycles. The second kappa shape index (κ2) is 1.86. The molecule has 7 heavy (non-hydrogen) atoms. The molecule has 0 N–H and O–H groups in total. The summed E-state index contributed by atoms with van der Waals surface area (Å²) < 4.78 is 0. The van der Waals surface area contributed by atoms with Gasteiger partial charge in [0.15, 0.2) is 5.12 Å². The molecule has 0 aromatic rings. The van der Waals surface area contributed by atoms with Gasteiger partial charge in [-0.1, -0.05) is 0 Å². The number of carbonyl (C=O) groups is 1. The molecule has 2 heteroatoms. The van der Waals surface area contributed by atoms with E-state index in [1.54, 1.807) is 6.92 Å². The van der Waals surface area contributed by atoms with Gasteiger partial charge < -0.3 is 0 Å². The zero-order chi connectivity index (χ0) is 6.08. The quantitative estimate of drug-likeness (QED) is 0.470. The maximum Gasteiger partial charge on any atom is 0.168 e. The zero-order valence-corrected chi connectivity index (χ0v) is 6.13. The Kier molecular flexibility index (Phi) is 1.87. The predicted molar refractivity (Wildman–Crippen MR) is 36.0 cm³/mol. The van der Waals surface area contributed by atoms with E-state index in [4.69, 9.17) is 0 Å². The van der Waals surface area contributed by atoms with Crippen LogP contribution in [0.3, 0.4) is 0 Å². The van der Waals surface area contributed by atoms with E-state index in [1.165, 1.54) is 0 Å². The van der Waals surface area contributed by atoms with Gasteiger partial charge in [-0.3, -0.25) is 4.79 Å². The van der Waals surface area contributed by atoms with Gasteiger partial charge in [-0.15, -0.1) is 0 Å². The minimum atomic E-state index is -0.880. The van der Waals surface area contributed by atoms with Crippen LogP contribution in [0.15, 0.2) is 0 Å². The Bertz CT molecular complexity index is 80.6. The van der Waals surface area contributed by atoms with Gasteiger partial charge in [-0.2, -0.15) is 10.0 Å². The summed E-state index contributed by atoms with van der Waals surface area (Å²) in [7, 11) is -0.880. The van der Waals surface area contributed by atoms with Gasteiger partial charge >= 0.3 is 0 Å². The number of hydrogen-bond acceptors (Lipinski definition) is 1. The van der Waals surface area contributed by atoms with Gasteiger partial charge in [-0.25, -0.2) is 0 Å². The van der Waals surface area contributed by atoms with Gasteiger partial charge in [0.25, 0.3) is 0 Å². The number of rotatable bonds is 0. The fourth-order valence-corrected chi connectivity index (χ4v) is 0. The lowest BCUT2D eigenvalue weighted by Crippen LogP contribution is -2.01. The molecule has 0 aromatic carbocycles. The van der Waals surface area contributed by atoms with E-state index in [2.05, 4.69) is 0 Å². The van der Waals surface area contributed by atoms with Crippen molar-refractivity contribution in [1.82, 2.24) is 0 Å². The summed E-state index contributed by atoms with van der Waals surface area (Å²) in [4.78, 5) is 10.5. The van der Waals surface area contributed by atoms with E-state index >= 15 is 0 Å². The Morgan fingerprint density at radius 3 is 1.43 bits per heavy atom. The molecule has 0 saturated heterocycles. The highest BCUT2D eigenvalue weighted by Gasteiger charge is 2.07. The largest absolute Gasteiger partial charge is 0.289 e. The van der Waals surface area contributed by atoms with Gasteiger partial charge in [0.05, 0.1) is 0 Å². The fourth-order valence-electron chi connectivity index (χ4n) is 0. The summed E-state index contributed by atoms with van der Waals surface area (Å²) in [5, 5.41) is 0.326. The van der Waals surface area contributed by atoms with Crippen molar-refractivity contribution < 1.29 is 4.79 Å². The Morgan fingerprint density at radius 2 is 1.43 bits per heavy atom. The topological polar surface area (TPSA) is 17.1 Å². The third kappa shape index (κ3) is 2.68. The van der Waals surface area contributed by atoms with Crippen molar-refractivity contribution in [1.29, 1.82) is 0 Å². The predicted octanol–water partition coefficient (Wildman–Crippen LogP) is 1.23. The molecule has 0 fully saturated rings. The molecule has 0 unspecified atom stereocenters. The van der Waals surface area contributed by atoms with Crippen LogP contribution in [0, 0.1) is 0 Å². The van der Waals surface area contributed by atoms with Gasteiger partial charge in [-0.05, 0) is 18.8 Å². The minimum absolute atomic E-state index is 0.326. The van der Waals surface area contributed by atoms with Crippen LogP contribution in [0.1, 0.15) is 6.92 Å².